The Labute approximate surface area is 133 Å². The van der Waals surface area contributed by atoms with Gasteiger partial charge < -0.3 is 10.4 Å². The van der Waals surface area contributed by atoms with E-state index in [9.17, 15) is 9.90 Å². The van der Waals surface area contributed by atoms with Gasteiger partial charge in [0.25, 0.3) is 5.91 Å². The van der Waals surface area contributed by atoms with Gasteiger partial charge in [0, 0.05) is 11.8 Å². The smallest absolute Gasteiger partial charge is 0.273 e. The number of hydrogen-bond acceptors (Lipinski definition) is 4. The van der Waals surface area contributed by atoms with Gasteiger partial charge in [0.2, 0.25) is 0 Å². The van der Waals surface area contributed by atoms with Crippen LogP contribution in [0.15, 0.2) is 42.7 Å². The van der Waals surface area contributed by atoms with E-state index in [0.29, 0.717) is 22.6 Å². The number of aromatic hydroxyl groups is 1. The number of amides is 1. The Balaban J connectivity index is 1.88. The topological polar surface area (TPSA) is 90.9 Å². The van der Waals surface area contributed by atoms with Crippen LogP contribution in [0.4, 0.5) is 5.69 Å². The van der Waals surface area contributed by atoms with Crippen LogP contribution < -0.4 is 5.32 Å². The van der Waals surface area contributed by atoms with Gasteiger partial charge in [0.15, 0.2) is 0 Å². The van der Waals surface area contributed by atoms with Crippen LogP contribution in [-0.2, 0) is 0 Å². The fourth-order valence-electron chi connectivity index (χ4n) is 2.48. The van der Waals surface area contributed by atoms with Gasteiger partial charge in [-0.3, -0.25) is 14.9 Å². The van der Waals surface area contributed by atoms with Gasteiger partial charge in [0.1, 0.15) is 11.4 Å². The van der Waals surface area contributed by atoms with Crippen LogP contribution in [0.5, 0.6) is 5.75 Å². The number of hydrogen-bond donors (Lipinski definition) is 3. The van der Waals surface area contributed by atoms with Crippen molar-refractivity contribution in [2.75, 3.05) is 5.32 Å². The highest BCUT2D eigenvalue weighted by molar-refractivity contribution is 6.03. The maximum absolute atomic E-state index is 12.2. The summed E-state index contributed by atoms with van der Waals surface area (Å²) >= 11 is 0. The molecule has 3 aromatic rings. The molecule has 0 saturated carbocycles. The molecule has 3 N–H and O–H groups in total. The van der Waals surface area contributed by atoms with Crippen molar-refractivity contribution in [3.8, 4) is 17.0 Å². The lowest BCUT2D eigenvalue weighted by Gasteiger charge is -2.06. The number of phenols is 1. The molecule has 0 bridgehead atoms. The zero-order valence-electron chi connectivity index (χ0n) is 12.8. The third kappa shape index (κ3) is 3.06. The molecule has 0 fully saturated rings. The molecule has 0 atom stereocenters. The van der Waals surface area contributed by atoms with Crippen molar-refractivity contribution in [2.45, 2.75) is 13.8 Å². The van der Waals surface area contributed by atoms with Crippen LogP contribution in [-0.4, -0.2) is 26.2 Å². The maximum atomic E-state index is 12.2. The number of carbonyl (C=O) groups is 1. The molecule has 0 spiro atoms. The number of pyridine rings is 1. The monoisotopic (exact) mass is 308 g/mol. The van der Waals surface area contributed by atoms with Crippen molar-refractivity contribution < 1.29 is 9.90 Å². The van der Waals surface area contributed by atoms with E-state index in [1.807, 2.05) is 19.9 Å². The third-order valence-corrected chi connectivity index (χ3v) is 3.46. The van der Waals surface area contributed by atoms with Crippen molar-refractivity contribution in [1.82, 2.24) is 15.2 Å². The molecule has 0 aliphatic carbocycles. The highest BCUT2D eigenvalue weighted by atomic mass is 16.3. The fourth-order valence-corrected chi connectivity index (χ4v) is 2.48. The van der Waals surface area contributed by atoms with E-state index in [0.717, 1.165) is 11.1 Å². The summed E-state index contributed by atoms with van der Waals surface area (Å²) in [6, 6.07) is 8.73. The lowest BCUT2D eigenvalue weighted by atomic mass is 10.0. The Kier molecular flexibility index (Phi) is 3.80. The summed E-state index contributed by atoms with van der Waals surface area (Å²) in [5, 5.41) is 19.7. The van der Waals surface area contributed by atoms with Crippen LogP contribution >= 0.6 is 0 Å². The summed E-state index contributed by atoms with van der Waals surface area (Å²) < 4.78 is 0. The SMILES string of the molecule is Cc1cc(C)c(-c2cc(C(=O)Nc3cccnc3)[nH]n2)c(O)c1. The number of phenolic OH excluding ortho intramolecular Hbond substituents is 1. The molecule has 2 aromatic heterocycles. The Morgan fingerprint density at radius 1 is 1.26 bits per heavy atom. The van der Waals surface area contributed by atoms with Crippen molar-refractivity contribution in [2.24, 2.45) is 0 Å². The minimum absolute atomic E-state index is 0.146. The van der Waals surface area contributed by atoms with Crippen molar-refractivity contribution >= 4 is 11.6 Å². The van der Waals surface area contributed by atoms with Gasteiger partial charge in [-0.25, -0.2) is 0 Å². The van der Waals surface area contributed by atoms with Crippen LogP contribution in [0.1, 0.15) is 21.6 Å². The molecule has 0 unspecified atom stereocenters. The first-order chi connectivity index (χ1) is 11.0. The van der Waals surface area contributed by atoms with Crippen LogP contribution in [0.3, 0.4) is 0 Å². The number of carbonyl (C=O) groups excluding carboxylic acids is 1. The lowest BCUT2D eigenvalue weighted by molar-refractivity contribution is 0.102. The van der Waals surface area contributed by atoms with Crippen molar-refractivity contribution in [3.05, 3.63) is 59.5 Å². The van der Waals surface area contributed by atoms with Crippen LogP contribution in [0, 0.1) is 13.8 Å². The number of aromatic amines is 1. The van der Waals surface area contributed by atoms with Crippen LogP contribution in [0.25, 0.3) is 11.3 Å². The first kappa shape index (κ1) is 14.8. The number of rotatable bonds is 3. The largest absolute Gasteiger partial charge is 0.507 e. The Morgan fingerprint density at radius 2 is 2.09 bits per heavy atom. The summed E-state index contributed by atoms with van der Waals surface area (Å²) in [6.45, 7) is 3.81. The van der Waals surface area contributed by atoms with E-state index in [1.165, 1.54) is 0 Å². The number of aryl methyl sites for hydroxylation is 2. The summed E-state index contributed by atoms with van der Waals surface area (Å²) in [4.78, 5) is 16.2. The third-order valence-electron chi connectivity index (χ3n) is 3.46. The standard InChI is InChI=1S/C17H16N4O2/c1-10-6-11(2)16(15(22)7-10)13-8-14(21-20-13)17(23)19-12-4-3-5-18-9-12/h3-9,22H,1-2H3,(H,19,23)(H,20,21). The van der Waals surface area contributed by atoms with Gasteiger partial charge in [-0.15, -0.1) is 0 Å². The average Bonchev–Trinajstić information content (AvgIpc) is 2.97. The molecule has 1 aromatic carbocycles. The number of benzene rings is 1. The minimum atomic E-state index is -0.319. The Hall–Kier alpha value is -3.15. The van der Waals surface area contributed by atoms with Gasteiger partial charge >= 0.3 is 0 Å². The first-order valence-electron chi connectivity index (χ1n) is 7.12. The van der Waals surface area contributed by atoms with Gasteiger partial charge in [-0.1, -0.05) is 6.07 Å². The average molecular weight is 308 g/mol. The molecule has 0 radical (unpaired) electrons. The molecule has 23 heavy (non-hydrogen) atoms. The zero-order chi connectivity index (χ0) is 16.4. The molecule has 6 nitrogen and oxygen atoms in total. The number of aromatic nitrogens is 3. The van der Waals surface area contributed by atoms with E-state index < -0.39 is 0 Å². The molecular weight excluding hydrogens is 292 g/mol. The summed E-state index contributed by atoms with van der Waals surface area (Å²) in [7, 11) is 0. The predicted molar refractivity (Wildman–Crippen MR) is 87.4 cm³/mol. The lowest BCUT2D eigenvalue weighted by Crippen LogP contribution is -2.12. The molecule has 6 heteroatoms. The molecule has 0 aliphatic heterocycles. The molecule has 3 rings (SSSR count). The molecule has 116 valence electrons. The summed E-state index contributed by atoms with van der Waals surface area (Å²) in [5.41, 5.74) is 3.91. The molecular formula is C17H16N4O2. The fraction of sp³-hybridized carbons (Fsp3) is 0.118. The van der Waals surface area contributed by atoms with Gasteiger partial charge in [0.05, 0.1) is 17.6 Å². The molecule has 0 aliphatic rings. The second kappa shape index (κ2) is 5.92. The zero-order valence-corrected chi connectivity index (χ0v) is 12.8. The number of nitrogens with zero attached hydrogens (tertiary/aromatic N) is 2. The quantitative estimate of drug-likeness (QED) is 0.693. The minimum Gasteiger partial charge on any atom is -0.507 e. The summed E-state index contributed by atoms with van der Waals surface area (Å²) in [6.07, 6.45) is 3.19. The highest BCUT2D eigenvalue weighted by Gasteiger charge is 2.15. The van der Waals surface area contributed by atoms with Gasteiger partial charge in [-0.05, 0) is 49.2 Å². The van der Waals surface area contributed by atoms with E-state index in [1.54, 1.807) is 36.7 Å². The van der Waals surface area contributed by atoms with E-state index in [4.69, 9.17) is 0 Å². The first-order valence-corrected chi connectivity index (χ1v) is 7.12. The number of nitrogens with one attached hydrogen (secondary N) is 2. The normalized spacial score (nSPS) is 10.5. The predicted octanol–water partition coefficient (Wildman–Crippen LogP) is 3.05. The molecule has 1 amide bonds. The molecule has 0 saturated heterocycles. The number of H-pyrrole nitrogens is 1. The van der Waals surface area contributed by atoms with E-state index >= 15 is 0 Å². The maximum Gasteiger partial charge on any atom is 0.273 e. The van der Waals surface area contributed by atoms with Crippen molar-refractivity contribution in [3.63, 3.8) is 0 Å². The second-order valence-electron chi connectivity index (χ2n) is 5.34. The van der Waals surface area contributed by atoms with E-state index in [2.05, 4.69) is 20.5 Å². The van der Waals surface area contributed by atoms with Crippen molar-refractivity contribution in [1.29, 1.82) is 0 Å². The van der Waals surface area contributed by atoms with E-state index in [-0.39, 0.29) is 11.7 Å². The molecule has 2 heterocycles. The highest BCUT2D eigenvalue weighted by Crippen LogP contribution is 2.32. The Morgan fingerprint density at radius 3 is 2.78 bits per heavy atom. The summed E-state index contributed by atoms with van der Waals surface area (Å²) in [5.74, 6) is -0.172. The number of anilines is 1. The van der Waals surface area contributed by atoms with Gasteiger partial charge in [-0.2, -0.15) is 5.10 Å². The second-order valence-corrected chi connectivity index (χ2v) is 5.34. The Bertz CT molecular complexity index is 833. The van der Waals surface area contributed by atoms with Crippen LogP contribution in [0.2, 0.25) is 0 Å².